The molecule has 0 aliphatic heterocycles. The molecule has 0 heterocycles. The maximum absolute atomic E-state index is 9.88. The number of hydrogen-bond acceptors (Lipinski definition) is 5. The average molecular weight is 283 g/mol. The second kappa shape index (κ2) is 9.58. The van der Waals surface area contributed by atoms with Gasteiger partial charge >= 0.3 is 0 Å². The van der Waals surface area contributed by atoms with Crippen LogP contribution in [0.4, 0.5) is 5.69 Å². The lowest BCUT2D eigenvalue weighted by atomic mass is 10.2. The fourth-order valence-electron chi connectivity index (χ4n) is 1.74. The molecule has 0 saturated carbocycles. The summed E-state index contributed by atoms with van der Waals surface area (Å²) in [6, 6.07) is 7.66. The van der Waals surface area contributed by atoms with Crippen molar-refractivity contribution >= 4 is 5.69 Å². The topological polar surface area (TPSA) is 60.0 Å². The van der Waals surface area contributed by atoms with Crippen molar-refractivity contribution in [1.29, 1.82) is 0 Å². The van der Waals surface area contributed by atoms with Crippen LogP contribution in [0, 0.1) is 0 Å². The van der Waals surface area contributed by atoms with Gasteiger partial charge in [0.25, 0.3) is 0 Å². The minimum Gasteiger partial charge on any atom is -0.492 e. The molecule has 0 aliphatic rings. The molecule has 0 bridgehead atoms. The number of ether oxygens (including phenoxy) is 3. The van der Waals surface area contributed by atoms with Crippen molar-refractivity contribution in [3.63, 3.8) is 0 Å². The summed E-state index contributed by atoms with van der Waals surface area (Å²) in [4.78, 5) is 0. The Morgan fingerprint density at radius 1 is 1.25 bits per heavy atom. The summed E-state index contributed by atoms with van der Waals surface area (Å²) >= 11 is 0. The van der Waals surface area contributed by atoms with Crippen molar-refractivity contribution in [2.75, 3.05) is 38.8 Å². The van der Waals surface area contributed by atoms with Crippen molar-refractivity contribution in [2.24, 2.45) is 0 Å². The van der Waals surface area contributed by atoms with E-state index >= 15 is 0 Å². The maximum atomic E-state index is 9.88. The highest BCUT2D eigenvalue weighted by Gasteiger charge is 2.09. The molecule has 0 amide bonds. The van der Waals surface area contributed by atoms with Gasteiger partial charge in [0.1, 0.15) is 5.75 Å². The van der Waals surface area contributed by atoms with E-state index in [-0.39, 0.29) is 12.7 Å². The van der Waals surface area contributed by atoms with E-state index < -0.39 is 6.10 Å². The Morgan fingerprint density at radius 2 is 2.00 bits per heavy atom. The van der Waals surface area contributed by atoms with Crippen molar-refractivity contribution in [3.05, 3.63) is 24.3 Å². The number of nitrogens with one attached hydrogen (secondary N) is 1. The Labute approximate surface area is 120 Å². The van der Waals surface area contributed by atoms with Crippen LogP contribution in [-0.2, 0) is 9.47 Å². The molecule has 0 radical (unpaired) electrons. The van der Waals surface area contributed by atoms with E-state index in [1.54, 1.807) is 7.11 Å². The van der Waals surface area contributed by atoms with Gasteiger partial charge < -0.3 is 24.6 Å². The summed E-state index contributed by atoms with van der Waals surface area (Å²) in [5.74, 6) is 0.788. The summed E-state index contributed by atoms with van der Waals surface area (Å²) in [7, 11) is 1.63. The van der Waals surface area contributed by atoms with Crippen LogP contribution in [0.25, 0.3) is 0 Å². The van der Waals surface area contributed by atoms with Gasteiger partial charge in [-0.25, -0.2) is 0 Å². The number of aliphatic hydroxyl groups is 1. The normalized spacial score (nSPS) is 13.8. The molecule has 0 aromatic heterocycles. The highest BCUT2D eigenvalue weighted by molar-refractivity contribution is 5.56. The average Bonchev–Trinajstić information content (AvgIpc) is 2.45. The number of anilines is 1. The van der Waals surface area contributed by atoms with Crippen molar-refractivity contribution in [3.8, 4) is 5.75 Å². The fourth-order valence-corrected chi connectivity index (χ4v) is 1.74. The number of methoxy groups -OCH3 is 1. The monoisotopic (exact) mass is 283 g/mol. The summed E-state index contributed by atoms with van der Waals surface area (Å²) < 4.78 is 15.9. The first kappa shape index (κ1) is 16.8. The summed E-state index contributed by atoms with van der Waals surface area (Å²) in [6.45, 7) is 5.66. The van der Waals surface area contributed by atoms with Gasteiger partial charge in [-0.15, -0.1) is 0 Å². The van der Waals surface area contributed by atoms with Gasteiger partial charge in [-0.3, -0.25) is 0 Å². The standard InChI is InChI=1S/C15H25NO4/c1-4-19-15-8-6-5-7-14(15)16-9-13(17)11-20-12(2)10-18-3/h5-8,12-13,16-17H,4,9-11H2,1-3H3. The third-order valence-corrected chi connectivity index (χ3v) is 2.69. The molecule has 0 saturated heterocycles. The van der Waals surface area contributed by atoms with Gasteiger partial charge in [0.05, 0.1) is 37.7 Å². The van der Waals surface area contributed by atoms with E-state index in [0.717, 1.165) is 11.4 Å². The van der Waals surface area contributed by atoms with Crippen LogP contribution in [-0.4, -0.2) is 50.8 Å². The molecule has 0 spiro atoms. The lowest BCUT2D eigenvalue weighted by Gasteiger charge is -2.18. The SMILES string of the molecule is CCOc1ccccc1NCC(O)COC(C)COC. The molecular formula is C15H25NO4. The minimum absolute atomic E-state index is 0.0228. The van der Waals surface area contributed by atoms with Crippen LogP contribution in [0.15, 0.2) is 24.3 Å². The molecule has 2 atom stereocenters. The highest BCUT2D eigenvalue weighted by atomic mass is 16.5. The Morgan fingerprint density at radius 3 is 2.70 bits per heavy atom. The van der Waals surface area contributed by atoms with E-state index in [1.807, 2.05) is 38.1 Å². The van der Waals surface area contributed by atoms with E-state index in [4.69, 9.17) is 14.2 Å². The fraction of sp³-hybridized carbons (Fsp3) is 0.600. The van der Waals surface area contributed by atoms with Gasteiger partial charge in [0.2, 0.25) is 0 Å². The zero-order valence-electron chi connectivity index (χ0n) is 12.5. The van der Waals surface area contributed by atoms with Crippen molar-refractivity contribution in [1.82, 2.24) is 0 Å². The molecule has 1 rings (SSSR count). The molecule has 1 aromatic carbocycles. The van der Waals surface area contributed by atoms with E-state index in [9.17, 15) is 5.11 Å². The van der Waals surface area contributed by atoms with Gasteiger partial charge in [-0.2, -0.15) is 0 Å². The highest BCUT2D eigenvalue weighted by Crippen LogP contribution is 2.23. The molecule has 20 heavy (non-hydrogen) atoms. The third-order valence-electron chi connectivity index (χ3n) is 2.69. The van der Waals surface area contributed by atoms with Gasteiger partial charge in [-0.1, -0.05) is 12.1 Å². The molecule has 1 aromatic rings. The largest absolute Gasteiger partial charge is 0.492 e. The molecule has 2 unspecified atom stereocenters. The molecule has 114 valence electrons. The number of para-hydroxylation sites is 2. The Bertz CT molecular complexity index is 373. The molecule has 0 aliphatic carbocycles. The van der Waals surface area contributed by atoms with E-state index in [0.29, 0.717) is 19.8 Å². The predicted octanol–water partition coefficient (Wildman–Crippen LogP) is 1.91. The molecule has 5 nitrogen and oxygen atoms in total. The van der Waals surface area contributed by atoms with Gasteiger partial charge in [0.15, 0.2) is 0 Å². The van der Waals surface area contributed by atoms with Crippen LogP contribution in [0.2, 0.25) is 0 Å². The number of benzene rings is 1. The van der Waals surface area contributed by atoms with Crippen LogP contribution in [0.1, 0.15) is 13.8 Å². The lowest BCUT2D eigenvalue weighted by molar-refractivity contribution is -0.0282. The smallest absolute Gasteiger partial charge is 0.142 e. The Hall–Kier alpha value is -1.30. The van der Waals surface area contributed by atoms with Crippen LogP contribution >= 0.6 is 0 Å². The predicted molar refractivity (Wildman–Crippen MR) is 79.4 cm³/mol. The molecule has 5 heteroatoms. The Kier molecular flexibility index (Phi) is 8.02. The number of hydrogen-bond donors (Lipinski definition) is 2. The number of aliphatic hydroxyl groups excluding tert-OH is 1. The second-order valence-electron chi connectivity index (χ2n) is 4.56. The van der Waals surface area contributed by atoms with Gasteiger partial charge in [-0.05, 0) is 26.0 Å². The van der Waals surface area contributed by atoms with Crippen LogP contribution in [0.5, 0.6) is 5.75 Å². The lowest BCUT2D eigenvalue weighted by Crippen LogP contribution is -2.28. The minimum atomic E-state index is -0.580. The molecule has 2 N–H and O–H groups in total. The first-order valence-electron chi connectivity index (χ1n) is 6.91. The first-order valence-corrected chi connectivity index (χ1v) is 6.91. The van der Waals surface area contributed by atoms with Gasteiger partial charge in [0, 0.05) is 13.7 Å². The summed E-state index contributed by atoms with van der Waals surface area (Å²) in [5, 5.41) is 13.0. The molecule has 0 fully saturated rings. The van der Waals surface area contributed by atoms with Crippen molar-refractivity contribution in [2.45, 2.75) is 26.1 Å². The van der Waals surface area contributed by atoms with Crippen LogP contribution in [0.3, 0.4) is 0 Å². The third kappa shape index (κ3) is 6.23. The van der Waals surface area contributed by atoms with Crippen molar-refractivity contribution < 1.29 is 19.3 Å². The second-order valence-corrected chi connectivity index (χ2v) is 4.56. The summed E-state index contributed by atoms with van der Waals surface area (Å²) in [6.07, 6.45) is -0.602. The quantitative estimate of drug-likeness (QED) is 0.687. The Balaban J connectivity index is 2.35. The number of rotatable bonds is 10. The maximum Gasteiger partial charge on any atom is 0.142 e. The summed E-state index contributed by atoms with van der Waals surface area (Å²) in [5.41, 5.74) is 0.873. The van der Waals surface area contributed by atoms with E-state index in [2.05, 4.69) is 5.32 Å². The van der Waals surface area contributed by atoms with E-state index in [1.165, 1.54) is 0 Å². The first-order chi connectivity index (χ1) is 9.67. The zero-order valence-corrected chi connectivity index (χ0v) is 12.5. The molecular weight excluding hydrogens is 258 g/mol. The van der Waals surface area contributed by atoms with Crippen LogP contribution < -0.4 is 10.1 Å². The zero-order chi connectivity index (χ0) is 14.8.